The molecule has 1 aromatic heterocycles. The lowest BCUT2D eigenvalue weighted by Crippen LogP contribution is -2.24. The number of nitrogens with zero attached hydrogens (tertiary/aromatic N) is 1. The van der Waals surface area contributed by atoms with E-state index in [1.807, 2.05) is 26.8 Å². The van der Waals surface area contributed by atoms with E-state index < -0.39 is 0 Å². The van der Waals surface area contributed by atoms with Gasteiger partial charge in [0.1, 0.15) is 0 Å². The molecule has 0 aliphatic carbocycles. The van der Waals surface area contributed by atoms with Crippen LogP contribution < -0.4 is 10.6 Å². The van der Waals surface area contributed by atoms with Crippen LogP contribution in [0.1, 0.15) is 34.8 Å². The number of rotatable bonds is 5. The van der Waals surface area contributed by atoms with Gasteiger partial charge < -0.3 is 10.6 Å². The summed E-state index contributed by atoms with van der Waals surface area (Å²) < 4.78 is 0. The molecule has 2 rings (SSSR count). The summed E-state index contributed by atoms with van der Waals surface area (Å²) in [5, 5.41) is 6.73. The van der Waals surface area contributed by atoms with E-state index in [0.29, 0.717) is 17.1 Å². The maximum absolute atomic E-state index is 12.0. The molecule has 0 aliphatic rings. The highest BCUT2D eigenvalue weighted by molar-refractivity contribution is 6.33. The number of amides is 1. The molecule has 1 amide bonds. The van der Waals surface area contributed by atoms with Crippen LogP contribution in [0.5, 0.6) is 0 Å². The summed E-state index contributed by atoms with van der Waals surface area (Å²) in [6, 6.07) is 5.73. The van der Waals surface area contributed by atoms with Crippen molar-refractivity contribution in [3.8, 4) is 0 Å². The smallest absolute Gasteiger partial charge is 0.252 e. The lowest BCUT2D eigenvalue weighted by molar-refractivity contribution is 0.0953. The Bertz CT molecular complexity index is 662. The zero-order valence-corrected chi connectivity index (χ0v) is 13.8. The highest BCUT2D eigenvalue weighted by atomic mass is 35.5. The second-order valence-electron chi connectivity index (χ2n) is 5.28. The van der Waals surface area contributed by atoms with E-state index in [1.165, 1.54) is 0 Å². The fraction of sp³-hybridized carbons (Fsp3) is 0.294. The molecule has 5 heteroatoms. The zero-order chi connectivity index (χ0) is 16.1. The lowest BCUT2D eigenvalue weighted by Gasteiger charge is -2.13. The van der Waals surface area contributed by atoms with Crippen molar-refractivity contribution in [2.45, 2.75) is 27.2 Å². The topological polar surface area (TPSA) is 54.0 Å². The summed E-state index contributed by atoms with van der Waals surface area (Å²) >= 11 is 6.29. The van der Waals surface area contributed by atoms with Crippen molar-refractivity contribution in [3.63, 3.8) is 0 Å². The minimum atomic E-state index is -0.121. The van der Waals surface area contributed by atoms with Gasteiger partial charge in [-0.1, -0.05) is 24.6 Å². The van der Waals surface area contributed by atoms with Gasteiger partial charge in [-0.2, -0.15) is 0 Å². The maximum atomic E-state index is 12.0. The van der Waals surface area contributed by atoms with Crippen molar-refractivity contribution in [1.29, 1.82) is 0 Å². The number of halogens is 1. The van der Waals surface area contributed by atoms with Gasteiger partial charge in [0.2, 0.25) is 0 Å². The Morgan fingerprint density at radius 2 is 2.00 bits per heavy atom. The van der Waals surface area contributed by atoms with Crippen molar-refractivity contribution >= 4 is 28.9 Å². The van der Waals surface area contributed by atoms with E-state index in [9.17, 15) is 4.79 Å². The molecule has 0 saturated heterocycles. The third kappa shape index (κ3) is 3.98. The SMILES string of the molecule is CCCNC(=O)c1cncc(Nc2c(C)cc(C)cc2Cl)c1. The highest BCUT2D eigenvalue weighted by Gasteiger charge is 2.09. The first kappa shape index (κ1) is 16.3. The predicted octanol–water partition coefficient (Wildman–Crippen LogP) is 4.24. The monoisotopic (exact) mass is 317 g/mol. The number of benzene rings is 1. The molecule has 22 heavy (non-hydrogen) atoms. The van der Waals surface area contributed by atoms with Gasteiger partial charge in [-0.3, -0.25) is 9.78 Å². The molecule has 0 atom stereocenters. The van der Waals surface area contributed by atoms with E-state index in [-0.39, 0.29) is 5.91 Å². The van der Waals surface area contributed by atoms with E-state index >= 15 is 0 Å². The third-order valence-corrected chi connectivity index (χ3v) is 3.54. The molecule has 1 heterocycles. The van der Waals surface area contributed by atoms with Crippen LogP contribution in [0, 0.1) is 13.8 Å². The summed E-state index contributed by atoms with van der Waals surface area (Å²) in [6.45, 7) is 6.66. The summed E-state index contributed by atoms with van der Waals surface area (Å²) in [5.74, 6) is -0.121. The first-order valence-electron chi connectivity index (χ1n) is 7.28. The van der Waals surface area contributed by atoms with Gasteiger partial charge >= 0.3 is 0 Å². The van der Waals surface area contributed by atoms with Gasteiger partial charge in [0.05, 0.1) is 28.2 Å². The number of carbonyl (C=O) groups excluding carboxylic acids is 1. The second kappa shape index (κ2) is 7.27. The minimum Gasteiger partial charge on any atom is -0.353 e. The van der Waals surface area contributed by atoms with Crippen LogP contribution in [-0.2, 0) is 0 Å². The van der Waals surface area contributed by atoms with Crippen LogP contribution >= 0.6 is 11.6 Å². The Kier molecular flexibility index (Phi) is 5.39. The number of aryl methyl sites for hydroxylation is 2. The summed E-state index contributed by atoms with van der Waals surface area (Å²) in [4.78, 5) is 16.1. The Balaban J connectivity index is 2.22. The average Bonchev–Trinajstić information content (AvgIpc) is 2.48. The Morgan fingerprint density at radius 1 is 1.23 bits per heavy atom. The van der Waals surface area contributed by atoms with Crippen molar-refractivity contribution in [1.82, 2.24) is 10.3 Å². The number of aromatic nitrogens is 1. The molecular formula is C17H20ClN3O. The van der Waals surface area contributed by atoms with Crippen molar-refractivity contribution in [2.24, 2.45) is 0 Å². The van der Waals surface area contributed by atoms with E-state index in [1.54, 1.807) is 18.5 Å². The molecule has 0 fully saturated rings. The molecular weight excluding hydrogens is 298 g/mol. The molecule has 0 spiro atoms. The Hall–Kier alpha value is -2.07. The van der Waals surface area contributed by atoms with Crippen molar-refractivity contribution in [3.05, 3.63) is 52.3 Å². The van der Waals surface area contributed by atoms with Crippen LogP contribution in [-0.4, -0.2) is 17.4 Å². The third-order valence-electron chi connectivity index (χ3n) is 3.24. The van der Waals surface area contributed by atoms with Gasteiger partial charge in [0, 0.05) is 12.7 Å². The average molecular weight is 318 g/mol. The first-order chi connectivity index (χ1) is 10.5. The Morgan fingerprint density at radius 3 is 2.68 bits per heavy atom. The lowest BCUT2D eigenvalue weighted by atomic mass is 10.1. The number of hydrogen-bond acceptors (Lipinski definition) is 3. The van der Waals surface area contributed by atoms with E-state index in [4.69, 9.17) is 11.6 Å². The summed E-state index contributed by atoms with van der Waals surface area (Å²) in [5.41, 5.74) is 4.25. The standard InChI is InChI=1S/C17H20ClN3O/c1-4-5-20-17(22)13-8-14(10-19-9-13)21-16-12(3)6-11(2)7-15(16)18/h6-10,21H,4-5H2,1-3H3,(H,20,22). The zero-order valence-electron chi connectivity index (χ0n) is 13.0. The van der Waals surface area contributed by atoms with Gasteiger partial charge in [-0.15, -0.1) is 0 Å². The number of anilines is 2. The highest BCUT2D eigenvalue weighted by Crippen LogP contribution is 2.30. The van der Waals surface area contributed by atoms with Gasteiger partial charge in [-0.25, -0.2) is 0 Å². The molecule has 0 unspecified atom stereocenters. The molecule has 0 aliphatic heterocycles. The minimum absolute atomic E-state index is 0.121. The second-order valence-corrected chi connectivity index (χ2v) is 5.69. The largest absolute Gasteiger partial charge is 0.353 e. The fourth-order valence-corrected chi connectivity index (χ4v) is 2.56. The van der Waals surface area contributed by atoms with Crippen LogP contribution in [0.15, 0.2) is 30.6 Å². The van der Waals surface area contributed by atoms with Crippen LogP contribution in [0.4, 0.5) is 11.4 Å². The molecule has 0 bridgehead atoms. The summed E-state index contributed by atoms with van der Waals surface area (Å²) in [6.07, 6.45) is 4.13. The Labute approximate surface area is 135 Å². The molecule has 2 aromatic rings. The molecule has 0 radical (unpaired) electrons. The molecule has 4 nitrogen and oxygen atoms in total. The molecule has 2 N–H and O–H groups in total. The van der Waals surface area contributed by atoms with Crippen LogP contribution in [0.3, 0.4) is 0 Å². The fourth-order valence-electron chi connectivity index (χ4n) is 2.19. The molecule has 1 aromatic carbocycles. The van der Waals surface area contributed by atoms with Crippen LogP contribution in [0.25, 0.3) is 0 Å². The van der Waals surface area contributed by atoms with Crippen LogP contribution in [0.2, 0.25) is 5.02 Å². The number of nitrogens with one attached hydrogen (secondary N) is 2. The maximum Gasteiger partial charge on any atom is 0.252 e. The number of hydrogen-bond donors (Lipinski definition) is 2. The number of carbonyl (C=O) groups is 1. The van der Waals surface area contributed by atoms with Gasteiger partial charge in [0.15, 0.2) is 0 Å². The quantitative estimate of drug-likeness (QED) is 0.867. The normalized spacial score (nSPS) is 10.4. The van der Waals surface area contributed by atoms with Crippen molar-refractivity contribution < 1.29 is 4.79 Å². The van der Waals surface area contributed by atoms with Crippen molar-refractivity contribution in [2.75, 3.05) is 11.9 Å². The van der Waals surface area contributed by atoms with E-state index in [2.05, 4.69) is 21.7 Å². The van der Waals surface area contributed by atoms with E-state index in [0.717, 1.165) is 28.9 Å². The van der Waals surface area contributed by atoms with Gasteiger partial charge in [-0.05, 0) is 43.5 Å². The predicted molar refractivity (Wildman–Crippen MR) is 91.1 cm³/mol. The van der Waals surface area contributed by atoms with Gasteiger partial charge in [0.25, 0.3) is 5.91 Å². The summed E-state index contributed by atoms with van der Waals surface area (Å²) in [7, 11) is 0. The first-order valence-corrected chi connectivity index (χ1v) is 7.66. The number of pyridine rings is 1. The molecule has 0 saturated carbocycles. The molecule has 116 valence electrons.